The van der Waals surface area contributed by atoms with E-state index in [4.69, 9.17) is 0 Å². The molecule has 2 heterocycles. The fourth-order valence-corrected chi connectivity index (χ4v) is 4.12. The molecule has 6 heteroatoms. The summed E-state index contributed by atoms with van der Waals surface area (Å²) in [5, 5.41) is 0.471. The molecule has 23 heavy (non-hydrogen) atoms. The Balaban J connectivity index is 1.83. The molecule has 122 valence electrons. The molecular weight excluding hydrogens is 310 g/mol. The summed E-state index contributed by atoms with van der Waals surface area (Å²) in [6, 6.07) is 7.42. The summed E-state index contributed by atoms with van der Waals surface area (Å²) in [5.41, 5.74) is 1.21. The van der Waals surface area contributed by atoms with Crippen LogP contribution in [-0.2, 0) is 11.3 Å². The maximum absolute atomic E-state index is 12.7. The lowest BCUT2D eigenvalue weighted by molar-refractivity contribution is -0.131. The van der Waals surface area contributed by atoms with E-state index in [1.165, 1.54) is 10.8 Å². The minimum absolute atomic E-state index is 0.00871. The first-order chi connectivity index (χ1) is 11.1. The van der Waals surface area contributed by atoms with Crippen molar-refractivity contribution >= 4 is 28.7 Å². The summed E-state index contributed by atoms with van der Waals surface area (Å²) in [5.74, 6) is 1.51. The summed E-state index contributed by atoms with van der Waals surface area (Å²) < 4.78 is 1.52. The Morgan fingerprint density at radius 3 is 2.96 bits per heavy atom. The molecular formula is C17H21N3O2S. The highest BCUT2D eigenvalue weighted by Gasteiger charge is 2.26. The van der Waals surface area contributed by atoms with E-state index in [0.717, 1.165) is 24.4 Å². The molecule has 0 aliphatic carbocycles. The minimum Gasteiger partial charge on any atom is -0.339 e. The molecule has 1 aliphatic rings. The first-order valence-corrected chi connectivity index (χ1v) is 8.95. The normalized spacial score (nSPS) is 18.6. The quantitative estimate of drug-likeness (QED) is 0.863. The van der Waals surface area contributed by atoms with Gasteiger partial charge in [-0.05, 0) is 18.1 Å². The SMILES string of the molecule is CC(C)[C@H]1CN(C(=O)Cn2c(=O)cnc3ccccc32)CCS1. The molecule has 0 radical (unpaired) electrons. The highest BCUT2D eigenvalue weighted by Crippen LogP contribution is 2.25. The van der Waals surface area contributed by atoms with Crippen molar-refractivity contribution in [1.82, 2.24) is 14.5 Å². The fourth-order valence-electron chi connectivity index (χ4n) is 2.82. The predicted octanol–water partition coefficient (Wildman–Crippen LogP) is 2.00. The first kappa shape index (κ1) is 16.1. The van der Waals surface area contributed by atoms with Crippen molar-refractivity contribution in [2.24, 2.45) is 5.92 Å². The van der Waals surface area contributed by atoms with E-state index in [2.05, 4.69) is 18.8 Å². The predicted molar refractivity (Wildman–Crippen MR) is 93.7 cm³/mol. The third-order valence-electron chi connectivity index (χ3n) is 4.24. The minimum atomic E-state index is -0.233. The van der Waals surface area contributed by atoms with E-state index < -0.39 is 0 Å². The molecule has 1 aliphatic heterocycles. The Bertz CT molecular complexity index is 772. The highest BCUT2D eigenvalue weighted by atomic mass is 32.2. The Kier molecular flexibility index (Phi) is 4.71. The second-order valence-electron chi connectivity index (χ2n) is 6.16. The molecule has 1 amide bonds. The highest BCUT2D eigenvalue weighted by molar-refractivity contribution is 8.00. The summed E-state index contributed by atoms with van der Waals surface area (Å²) in [6.45, 7) is 5.97. The van der Waals surface area contributed by atoms with Gasteiger partial charge in [-0.25, -0.2) is 4.98 Å². The molecule has 0 N–H and O–H groups in total. The number of hydrogen-bond donors (Lipinski definition) is 0. The molecule has 1 atom stereocenters. The van der Waals surface area contributed by atoms with Gasteiger partial charge in [0.2, 0.25) is 5.91 Å². The molecule has 0 unspecified atom stereocenters. The first-order valence-electron chi connectivity index (χ1n) is 7.90. The molecule has 1 aromatic heterocycles. The van der Waals surface area contributed by atoms with Gasteiger partial charge < -0.3 is 4.90 Å². The zero-order chi connectivity index (χ0) is 16.4. The lowest BCUT2D eigenvalue weighted by Gasteiger charge is -2.34. The molecule has 3 rings (SSSR count). The molecule has 1 saturated heterocycles. The van der Waals surface area contributed by atoms with Crippen molar-refractivity contribution in [3.05, 3.63) is 40.8 Å². The number of aromatic nitrogens is 2. The van der Waals surface area contributed by atoms with Gasteiger partial charge in [0.1, 0.15) is 6.54 Å². The Morgan fingerprint density at radius 1 is 1.39 bits per heavy atom. The number of para-hydroxylation sites is 2. The maximum atomic E-state index is 12.7. The molecule has 0 saturated carbocycles. The fraction of sp³-hybridized carbons (Fsp3) is 0.471. The van der Waals surface area contributed by atoms with Crippen LogP contribution in [0.25, 0.3) is 11.0 Å². The number of benzene rings is 1. The van der Waals surface area contributed by atoms with Gasteiger partial charge in [0, 0.05) is 24.1 Å². The molecule has 1 aromatic carbocycles. The van der Waals surface area contributed by atoms with Gasteiger partial charge in [-0.2, -0.15) is 11.8 Å². The third kappa shape index (κ3) is 3.42. The Hall–Kier alpha value is -1.82. The standard InChI is InChI=1S/C17H21N3O2S/c1-12(2)15-10-19(7-8-23-15)17(22)11-20-14-6-4-3-5-13(14)18-9-16(20)21/h3-6,9,12,15H,7-8,10-11H2,1-2H3/t15-/m1/s1. The summed E-state index contributed by atoms with van der Waals surface area (Å²) in [4.78, 5) is 30.8. The maximum Gasteiger partial charge on any atom is 0.269 e. The van der Waals surface area contributed by atoms with E-state index in [1.807, 2.05) is 40.9 Å². The summed E-state index contributed by atoms with van der Waals surface area (Å²) in [7, 11) is 0. The molecule has 1 fully saturated rings. The van der Waals surface area contributed by atoms with Crippen LogP contribution in [0.2, 0.25) is 0 Å². The Morgan fingerprint density at radius 2 is 2.17 bits per heavy atom. The average Bonchev–Trinajstić information content (AvgIpc) is 2.57. The number of amides is 1. The summed E-state index contributed by atoms with van der Waals surface area (Å²) in [6.07, 6.45) is 1.29. The smallest absolute Gasteiger partial charge is 0.269 e. The second kappa shape index (κ2) is 6.74. The second-order valence-corrected chi connectivity index (χ2v) is 7.51. The molecule has 2 aromatic rings. The van der Waals surface area contributed by atoms with Gasteiger partial charge in [0.05, 0.1) is 17.2 Å². The van der Waals surface area contributed by atoms with Gasteiger partial charge in [0.25, 0.3) is 5.56 Å². The van der Waals surface area contributed by atoms with Crippen LogP contribution in [0, 0.1) is 5.92 Å². The van der Waals surface area contributed by atoms with Crippen molar-refractivity contribution in [3.63, 3.8) is 0 Å². The van der Waals surface area contributed by atoms with Crippen LogP contribution in [-0.4, -0.2) is 44.5 Å². The van der Waals surface area contributed by atoms with Crippen LogP contribution in [0.1, 0.15) is 13.8 Å². The van der Waals surface area contributed by atoms with Gasteiger partial charge in [-0.15, -0.1) is 0 Å². The van der Waals surface area contributed by atoms with E-state index in [0.29, 0.717) is 16.7 Å². The summed E-state index contributed by atoms with van der Waals surface area (Å²) >= 11 is 1.93. The van der Waals surface area contributed by atoms with Crippen molar-refractivity contribution in [2.75, 3.05) is 18.8 Å². The van der Waals surface area contributed by atoms with Crippen LogP contribution < -0.4 is 5.56 Å². The third-order valence-corrected chi connectivity index (χ3v) is 5.78. The van der Waals surface area contributed by atoms with Crippen LogP contribution in [0.3, 0.4) is 0 Å². The van der Waals surface area contributed by atoms with E-state index >= 15 is 0 Å². The lowest BCUT2D eigenvalue weighted by Crippen LogP contribution is -2.45. The van der Waals surface area contributed by atoms with E-state index in [1.54, 1.807) is 0 Å². The molecule has 5 nitrogen and oxygen atoms in total. The van der Waals surface area contributed by atoms with Crippen molar-refractivity contribution in [3.8, 4) is 0 Å². The van der Waals surface area contributed by atoms with Crippen LogP contribution in [0.15, 0.2) is 35.3 Å². The van der Waals surface area contributed by atoms with Crippen molar-refractivity contribution in [2.45, 2.75) is 25.6 Å². The van der Waals surface area contributed by atoms with Crippen LogP contribution in [0.5, 0.6) is 0 Å². The molecule has 0 bridgehead atoms. The number of hydrogen-bond acceptors (Lipinski definition) is 4. The topological polar surface area (TPSA) is 55.2 Å². The van der Waals surface area contributed by atoms with Gasteiger partial charge in [-0.1, -0.05) is 26.0 Å². The number of rotatable bonds is 3. The van der Waals surface area contributed by atoms with Gasteiger partial charge in [0.15, 0.2) is 0 Å². The number of carbonyl (C=O) groups excluding carboxylic acids is 1. The van der Waals surface area contributed by atoms with Crippen molar-refractivity contribution in [1.29, 1.82) is 0 Å². The van der Waals surface area contributed by atoms with E-state index in [-0.39, 0.29) is 18.0 Å². The van der Waals surface area contributed by atoms with Crippen molar-refractivity contribution < 1.29 is 4.79 Å². The monoisotopic (exact) mass is 331 g/mol. The van der Waals surface area contributed by atoms with Crippen LogP contribution >= 0.6 is 11.8 Å². The number of thioether (sulfide) groups is 1. The zero-order valence-corrected chi connectivity index (χ0v) is 14.3. The number of carbonyl (C=O) groups is 1. The van der Waals surface area contributed by atoms with Crippen LogP contribution in [0.4, 0.5) is 0 Å². The molecule has 0 spiro atoms. The lowest BCUT2D eigenvalue weighted by atomic mass is 10.1. The van der Waals surface area contributed by atoms with Gasteiger partial charge in [-0.3, -0.25) is 14.2 Å². The van der Waals surface area contributed by atoms with E-state index in [9.17, 15) is 9.59 Å². The largest absolute Gasteiger partial charge is 0.339 e. The zero-order valence-electron chi connectivity index (χ0n) is 13.4. The number of fused-ring (bicyclic) bond motifs is 1. The number of nitrogens with zero attached hydrogens (tertiary/aromatic N) is 3. The average molecular weight is 331 g/mol. The van der Waals surface area contributed by atoms with Gasteiger partial charge >= 0.3 is 0 Å². The Labute approximate surface area is 139 Å².